The molecule has 1 aliphatic heterocycles. The number of unbranched alkanes of at least 4 members (excludes halogenated alkanes) is 1. The molecule has 0 spiro atoms. The van der Waals surface area contributed by atoms with Gasteiger partial charge in [-0.2, -0.15) is 0 Å². The molecule has 1 atom stereocenters. The Hall–Kier alpha value is -1.92. The van der Waals surface area contributed by atoms with Crippen LogP contribution in [0.15, 0.2) is 35.5 Å². The molecular formula is C23H42N2O4. The molecule has 1 aromatic rings. The minimum Gasteiger partial charge on any atom is -0.399 e. The van der Waals surface area contributed by atoms with E-state index in [0.29, 0.717) is 19.1 Å². The van der Waals surface area contributed by atoms with Crippen molar-refractivity contribution in [3.8, 4) is 0 Å². The van der Waals surface area contributed by atoms with Crippen molar-refractivity contribution in [2.24, 2.45) is 11.1 Å². The molecule has 1 unspecified atom stereocenters. The normalized spacial score (nSPS) is 14.5. The molecule has 0 aliphatic carbocycles. The van der Waals surface area contributed by atoms with Gasteiger partial charge < -0.3 is 19.6 Å². The number of amides is 1. The van der Waals surface area contributed by atoms with Crippen LogP contribution in [0.3, 0.4) is 0 Å². The van der Waals surface area contributed by atoms with E-state index in [-0.39, 0.29) is 5.91 Å². The zero-order valence-electron chi connectivity index (χ0n) is 19.3. The lowest BCUT2D eigenvalue weighted by atomic mass is 10.1. The van der Waals surface area contributed by atoms with E-state index in [9.17, 15) is 4.79 Å². The highest BCUT2D eigenvalue weighted by Gasteiger charge is 2.15. The Morgan fingerprint density at radius 3 is 2.24 bits per heavy atom. The molecule has 0 bridgehead atoms. The lowest BCUT2D eigenvalue weighted by molar-refractivity contribution is -0.114. The molecule has 6 heteroatoms. The maximum absolute atomic E-state index is 11.0. The van der Waals surface area contributed by atoms with E-state index in [4.69, 9.17) is 9.47 Å². The van der Waals surface area contributed by atoms with Gasteiger partial charge in [-0.05, 0) is 12.0 Å². The molecule has 0 saturated carbocycles. The first-order valence-corrected chi connectivity index (χ1v) is 10.5. The summed E-state index contributed by atoms with van der Waals surface area (Å²) in [6, 6.07) is 10.1. The zero-order valence-corrected chi connectivity index (χ0v) is 19.3. The summed E-state index contributed by atoms with van der Waals surface area (Å²) in [5.74, 6) is 0.216. The van der Waals surface area contributed by atoms with Crippen LogP contribution in [0, 0.1) is 5.92 Å². The average molecular weight is 411 g/mol. The van der Waals surface area contributed by atoms with Crippen molar-refractivity contribution in [3.05, 3.63) is 35.9 Å². The molecule has 1 amide bonds. The summed E-state index contributed by atoms with van der Waals surface area (Å²) in [7, 11) is 3.10. The van der Waals surface area contributed by atoms with Crippen LogP contribution in [0.1, 0.15) is 58.9 Å². The van der Waals surface area contributed by atoms with Crippen LogP contribution in [-0.4, -0.2) is 46.1 Å². The molecular weight excluding hydrogens is 368 g/mol. The van der Waals surface area contributed by atoms with Crippen LogP contribution >= 0.6 is 0 Å². The largest absolute Gasteiger partial charge is 0.399 e. The van der Waals surface area contributed by atoms with Crippen molar-refractivity contribution in [1.29, 1.82) is 0 Å². The molecule has 1 aromatic carbocycles. The van der Waals surface area contributed by atoms with Crippen molar-refractivity contribution in [1.82, 2.24) is 5.32 Å². The Labute approximate surface area is 178 Å². The number of oxime groups is 1. The standard InChI is InChI=1S/C8H14N2O3.C8H10O.C4H10.C3H8/c1-12-10-5-8(11)9-4-7-2-3-13-6-7;1-9-7-8-5-3-2-4-6-8;1-3-4-2;1-3-2/h5,7H,2-4,6H2,1H3,(H,9,11);2-6H,7H2,1H3;3-4H2,1-2H3;3H2,1-2H3/b10-5+;;;. The number of ether oxygens (including phenoxy) is 2. The molecule has 1 N–H and O–H groups in total. The number of hydrogen-bond donors (Lipinski definition) is 1. The number of hydrogen-bond acceptors (Lipinski definition) is 5. The summed E-state index contributed by atoms with van der Waals surface area (Å²) in [5.41, 5.74) is 1.22. The van der Waals surface area contributed by atoms with Crippen LogP contribution in [0.25, 0.3) is 0 Å². The molecule has 6 nitrogen and oxygen atoms in total. The number of methoxy groups -OCH3 is 1. The highest BCUT2D eigenvalue weighted by molar-refractivity contribution is 6.26. The number of carbonyl (C=O) groups is 1. The fourth-order valence-electron chi connectivity index (χ4n) is 1.88. The van der Waals surface area contributed by atoms with E-state index >= 15 is 0 Å². The Kier molecular flexibility index (Phi) is 24.4. The molecule has 1 fully saturated rings. The second-order valence-electron chi connectivity index (χ2n) is 6.52. The van der Waals surface area contributed by atoms with Gasteiger partial charge in [0.25, 0.3) is 5.91 Å². The molecule has 1 aliphatic rings. The molecule has 0 aromatic heterocycles. The third-order valence-electron chi connectivity index (χ3n) is 3.52. The fraction of sp³-hybridized carbons (Fsp3) is 0.652. The van der Waals surface area contributed by atoms with Gasteiger partial charge in [0.1, 0.15) is 13.3 Å². The average Bonchev–Trinajstić information content (AvgIpc) is 3.27. The van der Waals surface area contributed by atoms with Gasteiger partial charge in [-0.25, -0.2) is 0 Å². The van der Waals surface area contributed by atoms with E-state index in [1.54, 1.807) is 7.11 Å². The van der Waals surface area contributed by atoms with Crippen molar-refractivity contribution in [2.45, 2.75) is 60.0 Å². The van der Waals surface area contributed by atoms with Gasteiger partial charge in [-0.3, -0.25) is 4.79 Å². The third kappa shape index (κ3) is 22.2. The van der Waals surface area contributed by atoms with E-state index in [2.05, 4.69) is 43.0 Å². The minimum absolute atomic E-state index is 0.228. The summed E-state index contributed by atoms with van der Waals surface area (Å²) in [5, 5.41) is 6.06. The van der Waals surface area contributed by atoms with E-state index < -0.39 is 0 Å². The van der Waals surface area contributed by atoms with Gasteiger partial charge in [0.05, 0.1) is 13.2 Å². The van der Waals surface area contributed by atoms with Crippen molar-refractivity contribution in [2.75, 3.05) is 34.0 Å². The highest BCUT2D eigenvalue weighted by Crippen LogP contribution is 2.10. The molecule has 29 heavy (non-hydrogen) atoms. The molecule has 1 saturated heterocycles. The first-order valence-electron chi connectivity index (χ1n) is 10.5. The Morgan fingerprint density at radius 1 is 1.17 bits per heavy atom. The fourth-order valence-corrected chi connectivity index (χ4v) is 1.88. The van der Waals surface area contributed by atoms with Gasteiger partial charge >= 0.3 is 0 Å². The Bertz CT molecular complexity index is 473. The number of benzene rings is 1. The summed E-state index contributed by atoms with van der Waals surface area (Å²) in [6.45, 7) is 11.5. The monoisotopic (exact) mass is 410 g/mol. The summed E-state index contributed by atoms with van der Waals surface area (Å²) in [6.07, 6.45) is 6.03. The molecule has 0 radical (unpaired) electrons. The van der Waals surface area contributed by atoms with Crippen molar-refractivity contribution < 1.29 is 19.1 Å². The molecule has 2 rings (SSSR count). The van der Waals surface area contributed by atoms with Crippen LogP contribution in [-0.2, 0) is 25.7 Å². The van der Waals surface area contributed by atoms with E-state index in [1.165, 1.54) is 31.9 Å². The van der Waals surface area contributed by atoms with Crippen LogP contribution in [0.4, 0.5) is 0 Å². The maximum Gasteiger partial charge on any atom is 0.265 e. The lowest BCUT2D eigenvalue weighted by Gasteiger charge is -2.06. The molecule has 168 valence electrons. The van der Waals surface area contributed by atoms with Gasteiger partial charge in [0, 0.05) is 26.2 Å². The van der Waals surface area contributed by atoms with E-state index in [0.717, 1.165) is 25.8 Å². The number of nitrogens with one attached hydrogen (secondary N) is 1. The number of carbonyl (C=O) groups excluding carboxylic acids is 1. The van der Waals surface area contributed by atoms with Gasteiger partial charge in [0.2, 0.25) is 0 Å². The minimum atomic E-state index is -0.228. The summed E-state index contributed by atoms with van der Waals surface area (Å²) in [4.78, 5) is 15.3. The van der Waals surface area contributed by atoms with E-state index in [1.807, 2.05) is 30.3 Å². The predicted molar refractivity (Wildman–Crippen MR) is 121 cm³/mol. The zero-order chi connectivity index (χ0) is 22.2. The predicted octanol–water partition coefficient (Wildman–Crippen LogP) is 4.83. The quantitative estimate of drug-likeness (QED) is 0.516. The van der Waals surface area contributed by atoms with Crippen LogP contribution in [0.2, 0.25) is 0 Å². The number of rotatable bonds is 7. The lowest BCUT2D eigenvalue weighted by Crippen LogP contribution is -2.30. The van der Waals surface area contributed by atoms with Crippen LogP contribution in [0.5, 0.6) is 0 Å². The SMILES string of the molecule is CCC.CCCC.CO/N=C/C(=O)NCC1CCOC1.COCc1ccccc1. The smallest absolute Gasteiger partial charge is 0.265 e. The summed E-state index contributed by atoms with van der Waals surface area (Å²) >= 11 is 0. The maximum atomic E-state index is 11.0. The summed E-state index contributed by atoms with van der Waals surface area (Å²) < 4.78 is 10.1. The van der Waals surface area contributed by atoms with Crippen molar-refractivity contribution >= 4 is 12.1 Å². The first kappa shape index (κ1) is 29.3. The topological polar surface area (TPSA) is 69.2 Å². The van der Waals surface area contributed by atoms with Gasteiger partial charge in [0.15, 0.2) is 0 Å². The van der Waals surface area contributed by atoms with Gasteiger partial charge in [-0.15, -0.1) is 0 Å². The highest BCUT2D eigenvalue weighted by atomic mass is 16.6. The second-order valence-corrected chi connectivity index (χ2v) is 6.52. The Morgan fingerprint density at radius 2 is 1.79 bits per heavy atom. The molecule has 1 heterocycles. The first-order chi connectivity index (χ1) is 14.1. The second kappa shape index (κ2) is 24.1. The van der Waals surface area contributed by atoms with Gasteiger partial charge in [-0.1, -0.05) is 82.4 Å². The number of nitrogens with zero attached hydrogens (tertiary/aromatic N) is 1. The third-order valence-corrected chi connectivity index (χ3v) is 3.52. The van der Waals surface area contributed by atoms with Crippen LogP contribution < -0.4 is 5.32 Å². The Balaban J connectivity index is 0. The van der Waals surface area contributed by atoms with Crippen molar-refractivity contribution in [3.63, 3.8) is 0 Å².